The van der Waals surface area contributed by atoms with E-state index in [1.54, 1.807) is 36.4 Å². The summed E-state index contributed by atoms with van der Waals surface area (Å²) in [6.07, 6.45) is 0.492. The summed E-state index contributed by atoms with van der Waals surface area (Å²) >= 11 is 1.14. The van der Waals surface area contributed by atoms with Gasteiger partial charge in [-0.25, -0.2) is 4.39 Å². The second-order valence-electron chi connectivity index (χ2n) is 7.12. The predicted molar refractivity (Wildman–Crippen MR) is 115 cm³/mol. The van der Waals surface area contributed by atoms with E-state index in [0.29, 0.717) is 35.3 Å². The van der Waals surface area contributed by atoms with Gasteiger partial charge < -0.3 is 14.8 Å². The third kappa shape index (κ3) is 6.30. The summed E-state index contributed by atoms with van der Waals surface area (Å²) in [6, 6.07) is 13.2. The molecule has 2 heterocycles. The number of amides is 1. The highest BCUT2D eigenvalue weighted by Gasteiger charge is 2.12. The Morgan fingerprint density at radius 1 is 1.19 bits per heavy atom. The van der Waals surface area contributed by atoms with Crippen LogP contribution >= 0.6 is 11.5 Å². The summed E-state index contributed by atoms with van der Waals surface area (Å²) in [5.74, 6) is 0.700. The zero-order valence-electron chi connectivity index (χ0n) is 16.9. The second kappa shape index (κ2) is 10.4. The van der Waals surface area contributed by atoms with Crippen molar-refractivity contribution in [2.75, 3.05) is 39.4 Å². The van der Waals surface area contributed by atoms with Crippen molar-refractivity contribution in [3.63, 3.8) is 0 Å². The lowest BCUT2D eigenvalue weighted by atomic mass is 10.1. The van der Waals surface area contributed by atoms with E-state index in [0.717, 1.165) is 49.9 Å². The summed E-state index contributed by atoms with van der Waals surface area (Å²) in [5.41, 5.74) is 1.44. The Hall–Kier alpha value is -2.88. The van der Waals surface area contributed by atoms with Crippen LogP contribution in [0, 0.1) is 5.82 Å². The molecule has 162 valence electrons. The normalized spacial score (nSPS) is 14.4. The Morgan fingerprint density at radius 3 is 2.81 bits per heavy atom. The van der Waals surface area contributed by atoms with Gasteiger partial charge in [-0.05, 0) is 35.9 Å². The molecule has 1 saturated heterocycles. The van der Waals surface area contributed by atoms with Crippen LogP contribution in [0.3, 0.4) is 0 Å². The van der Waals surface area contributed by atoms with Crippen LogP contribution in [-0.4, -0.2) is 59.6 Å². The molecule has 9 heteroatoms. The summed E-state index contributed by atoms with van der Waals surface area (Å²) in [7, 11) is 0. The van der Waals surface area contributed by atoms with E-state index in [1.807, 2.05) is 0 Å². The number of carbonyl (C=O) groups is 1. The summed E-state index contributed by atoms with van der Waals surface area (Å²) in [6.45, 7) is 4.64. The maximum atomic E-state index is 13.0. The molecule has 0 aliphatic carbocycles. The van der Waals surface area contributed by atoms with Gasteiger partial charge in [0.1, 0.15) is 11.6 Å². The number of carbonyl (C=O) groups excluding carboxylic acids is 1. The van der Waals surface area contributed by atoms with Crippen molar-refractivity contribution in [1.29, 1.82) is 0 Å². The Bertz CT molecular complexity index is 1010. The molecular weight excluding hydrogens is 419 g/mol. The molecule has 0 saturated carbocycles. The van der Waals surface area contributed by atoms with E-state index in [4.69, 9.17) is 9.47 Å². The van der Waals surface area contributed by atoms with Crippen molar-refractivity contribution in [2.24, 2.45) is 0 Å². The van der Waals surface area contributed by atoms with E-state index in [9.17, 15) is 9.18 Å². The minimum Gasteiger partial charge on any atom is -0.430 e. The topological polar surface area (TPSA) is 76.6 Å². The number of halogens is 1. The smallest absolute Gasteiger partial charge is 0.298 e. The highest BCUT2D eigenvalue weighted by molar-refractivity contribution is 7.07. The highest BCUT2D eigenvalue weighted by atomic mass is 32.1. The van der Waals surface area contributed by atoms with Crippen LogP contribution in [0.1, 0.15) is 21.7 Å². The van der Waals surface area contributed by atoms with Crippen LogP contribution in [-0.2, 0) is 11.2 Å². The number of benzene rings is 2. The monoisotopic (exact) mass is 442 g/mol. The van der Waals surface area contributed by atoms with Crippen molar-refractivity contribution in [1.82, 2.24) is 19.6 Å². The van der Waals surface area contributed by atoms with Gasteiger partial charge in [-0.2, -0.15) is 9.36 Å². The molecule has 0 spiro atoms. The number of hydrogen-bond donors (Lipinski definition) is 1. The van der Waals surface area contributed by atoms with Crippen LogP contribution in [0.25, 0.3) is 0 Å². The molecule has 4 rings (SSSR count). The van der Waals surface area contributed by atoms with Gasteiger partial charge in [-0.1, -0.05) is 18.2 Å². The number of morpholine rings is 1. The lowest BCUT2D eigenvalue weighted by Crippen LogP contribution is -2.41. The average molecular weight is 443 g/mol. The number of hydrogen-bond acceptors (Lipinski definition) is 7. The van der Waals surface area contributed by atoms with Crippen LogP contribution in [0.2, 0.25) is 0 Å². The van der Waals surface area contributed by atoms with Gasteiger partial charge in [0.25, 0.3) is 11.1 Å². The Morgan fingerprint density at radius 2 is 2.00 bits per heavy atom. The molecule has 1 amide bonds. The Balaban J connectivity index is 1.30. The lowest BCUT2D eigenvalue weighted by molar-refractivity contribution is 0.0383. The molecule has 1 fully saturated rings. The summed E-state index contributed by atoms with van der Waals surface area (Å²) in [5, 5.41) is 3.33. The number of nitrogens with zero attached hydrogens (tertiary/aromatic N) is 3. The highest BCUT2D eigenvalue weighted by Crippen LogP contribution is 2.24. The lowest BCUT2D eigenvalue weighted by Gasteiger charge is -2.26. The average Bonchev–Trinajstić information content (AvgIpc) is 3.23. The zero-order chi connectivity index (χ0) is 21.5. The molecule has 1 N–H and O–H groups in total. The molecule has 0 bridgehead atoms. The van der Waals surface area contributed by atoms with E-state index in [1.165, 1.54) is 12.1 Å². The minimum absolute atomic E-state index is 0.145. The van der Waals surface area contributed by atoms with Gasteiger partial charge in [0.2, 0.25) is 0 Å². The summed E-state index contributed by atoms with van der Waals surface area (Å²) in [4.78, 5) is 19.1. The molecule has 3 aromatic rings. The predicted octanol–water partition coefficient (Wildman–Crippen LogP) is 3.12. The first-order chi connectivity index (χ1) is 15.2. The number of aromatic nitrogens is 2. The van der Waals surface area contributed by atoms with Gasteiger partial charge in [-0.15, -0.1) is 0 Å². The first kappa shape index (κ1) is 21.4. The van der Waals surface area contributed by atoms with Gasteiger partial charge >= 0.3 is 0 Å². The zero-order valence-corrected chi connectivity index (χ0v) is 17.7. The van der Waals surface area contributed by atoms with Gasteiger partial charge in [0.05, 0.1) is 13.2 Å². The second-order valence-corrected chi connectivity index (χ2v) is 7.83. The van der Waals surface area contributed by atoms with Crippen LogP contribution < -0.4 is 10.1 Å². The van der Waals surface area contributed by atoms with Crippen LogP contribution in [0.15, 0.2) is 48.5 Å². The van der Waals surface area contributed by atoms with Gasteiger partial charge in [0.15, 0.2) is 5.82 Å². The van der Waals surface area contributed by atoms with Crippen molar-refractivity contribution in [3.05, 3.63) is 71.3 Å². The molecule has 2 aromatic carbocycles. The molecule has 1 aliphatic heterocycles. The standard InChI is InChI=1S/C22H23FN4O3S/c23-18-6-4-16(5-7-18)14-20-25-22(31-26-20)30-19-3-1-2-17(15-19)21(28)24-8-9-27-10-12-29-13-11-27/h1-7,15H,8-14H2,(H,24,28). The molecule has 7 nitrogen and oxygen atoms in total. The molecule has 0 unspecified atom stereocenters. The first-order valence-corrected chi connectivity index (χ1v) is 10.9. The first-order valence-electron chi connectivity index (χ1n) is 10.1. The molecule has 31 heavy (non-hydrogen) atoms. The molecule has 1 aliphatic rings. The van der Waals surface area contributed by atoms with Crippen LogP contribution in [0.5, 0.6) is 10.9 Å². The maximum Gasteiger partial charge on any atom is 0.298 e. The minimum atomic E-state index is -0.274. The van der Waals surface area contributed by atoms with Gasteiger partial charge in [0, 0.05) is 49.7 Å². The fraction of sp³-hybridized carbons (Fsp3) is 0.318. The largest absolute Gasteiger partial charge is 0.430 e. The number of nitrogens with one attached hydrogen (secondary N) is 1. The maximum absolute atomic E-state index is 13.0. The van der Waals surface area contributed by atoms with Crippen molar-refractivity contribution >= 4 is 17.4 Å². The summed E-state index contributed by atoms with van der Waals surface area (Å²) < 4.78 is 28.4. The fourth-order valence-electron chi connectivity index (χ4n) is 3.19. The third-order valence-electron chi connectivity index (χ3n) is 4.84. The van der Waals surface area contributed by atoms with Crippen LogP contribution in [0.4, 0.5) is 4.39 Å². The number of rotatable bonds is 8. The van der Waals surface area contributed by atoms with Gasteiger partial charge in [-0.3, -0.25) is 9.69 Å². The van der Waals surface area contributed by atoms with E-state index >= 15 is 0 Å². The SMILES string of the molecule is O=C(NCCN1CCOCC1)c1cccc(Oc2nc(Cc3ccc(F)cc3)ns2)c1. The Labute approximate surface area is 184 Å². The van der Waals surface area contributed by atoms with Crippen molar-refractivity contribution in [2.45, 2.75) is 6.42 Å². The molecular formula is C22H23FN4O3S. The fourth-order valence-corrected chi connectivity index (χ4v) is 3.76. The molecule has 0 radical (unpaired) electrons. The van der Waals surface area contributed by atoms with Crippen molar-refractivity contribution < 1.29 is 18.7 Å². The molecule has 0 atom stereocenters. The van der Waals surface area contributed by atoms with Crippen molar-refractivity contribution in [3.8, 4) is 10.9 Å². The van der Waals surface area contributed by atoms with E-state index < -0.39 is 0 Å². The van der Waals surface area contributed by atoms with E-state index in [-0.39, 0.29) is 11.7 Å². The third-order valence-corrected chi connectivity index (χ3v) is 5.48. The quantitative estimate of drug-likeness (QED) is 0.578. The Kier molecular flexibility index (Phi) is 7.18. The van der Waals surface area contributed by atoms with E-state index in [2.05, 4.69) is 19.6 Å². The molecule has 1 aromatic heterocycles. The number of ether oxygens (including phenoxy) is 2.